The number of piperidine rings is 1. The van der Waals surface area contributed by atoms with Crippen LogP contribution in [0.1, 0.15) is 12.8 Å². The van der Waals surface area contributed by atoms with E-state index in [4.69, 9.17) is 15.0 Å². The molecular weight excluding hydrogens is 329 g/mol. The van der Waals surface area contributed by atoms with Crippen molar-refractivity contribution in [2.75, 3.05) is 20.1 Å². The number of halogens is 3. The van der Waals surface area contributed by atoms with Crippen molar-refractivity contribution in [3.8, 4) is 0 Å². The highest BCUT2D eigenvalue weighted by atomic mass is 32.1. The first-order valence-corrected chi connectivity index (χ1v) is 6.52. The molecular formula is C11H17F3N2O5S. The van der Waals surface area contributed by atoms with Gasteiger partial charge in [0, 0.05) is 4.75 Å². The number of rotatable bonds is 4. The molecule has 1 fully saturated rings. The highest BCUT2D eigenvalue weighted by Crippen LogP contribution is 2.31. The lowest BCUT2D eigenvalue weighted by Crippen LogP contribution is -2.56. The summed E-state index contributed by atoms with van der Waals surface area (Å²) >= 11 is 4.43. The van der Waals surface area contributed by atoms with Crippen molar-refractivity contribution in [1.29, 1.82) is 0 Å². The molecule has 0 bridgehead atoms. The van der Waals surface area contributed by atoms with Gasteiger partial charge >= 0.3 is 18.1 Å². The molecule has 0 aromatic rings. The third-order valence-corrected chi connectivity index (χ3v) is 3.82. The average molecular weight is 346 g/mol. The number of carboxylic acids is 2. The Morgan fingerprint density at radius 3 is 2.00 bits per heavy atom. The Bertz CT molecular complexity index is 411. The van der Waals surface area contributed by atoms with Gasteiger partial charge in [-0.2, -0.15) is 25.8 Å². The van der Waals surface area contributed by atoms with Crippen LogP contribution in [0.15, 0.2) is 0 Å². The maximum absolute atomic E-state index is 11.0. The standard InChI is InChI=1S/C9H16N2O3S.C2HF3O2/c1-11-4-2-9(15,3-5-11)7(8(13)14)10-6-12;3-2(4,5)1(6)7/h6-7,15H,2-5H2,1H3,(H,10,12)(H,13,14);(H,6,7)/t7-;/m1./s1. The molecule has 0 unspecified atom stereocenters. The third kappa shape index (κ3) is 6.52. The summed E-state index contributed by atoms with van der Waals surface area (Å²) in [6, 6.07) is -0.910. The van der Waals surface area contributed by atoms with Gasteiger partial charge in [-0.3, -0.25) is 4.79 Å². The Morgan fingerprint density at radius 1 is 1.32 bits per heavy atom. The molecule has 128 valence electrons. The van der Waals surface area contributed by atoms with E-state index in [-0.39, 0.29) is 0 Å². The smallest absolute Gasteiger partial charge is 0.480 e. The fourth-order valence-corrected chi connectivity index (χ4v) is 2.20. The van der Waals surface area contributed by atoms with Crippen molar-refractivity contribution < 1.29 is 37.8 Å². The van der Waals surface area contributed by atoms with Gasteiger partial charge in [0.15, 0.2) is 0 Å². The molecule has 1 aliphatic rings. The van der Waals surface area contributed by atoms with E-state index in [1.807, 2.05) is 7.05 Å². The van der Waals surface area contributed by atoms with Gasteiger partial charge in [-0.15, -0.1) is 0 Å². The number of nitrogens with one attached hydrogen (secondary N) is 1. The average Bonchev–Trinajstić information content (AvgIpc) is 2.39. The maximum Gasteiger partial charge on any atom is 0.490 e. The molecule has 0 aromatic carbocycles. The molecule has 0 aromatic heterocycles. The normalized spacial score (nSPS) is 19.3. The van der Waals surface area contributed by atoms with Crippen LogP contribution >= 0.6 is 12.6 Å². The topological polar surface area (TPSA) is 107 Å². The molecule has 0 saturated carbocycles. The summed E-state index contributed by atoms with van der Waals surface area (Å²) in [5.74, 6) is -3.78. The number of carbonyl (C=O) groups is 3. The number of thiol groups is 1. The molecule has 11 heteroatoms. The highest BCUT2D eigenvalue weighted by Gasteiger charge is 2.42. The molecule has 3 N–H and O–H groups in total. The minimum atomic E-state index is -5.08. The van der Waals surface area contributed by atoms with Gasteiger partial charge in [-0.25, -0.2) is 9.59 Å². The molecule has 1 aliphatic heterocycles. The third-order valence-electron chi connectivity index (χ3n) is 3.11. The molecule has 7 nitrogen and oxygen atoms in total. The number of hydrogen-bond acceptors (Lipinski definition) is 5. The fourth-order valence-electron chi connectivity index (χ4n) is 1.82. The van der Waals surface area contributed by atoms with Crippen molar-refractivity contribution >= 4 is 31.0 Å². The first kappa shape index (κ1) is 20.5. The quantitative estimate of drug-likeness (QED) is 0.428. The van der Waals surface area contributed by atoms with E-state index in [1.165, 1.54) is 0 Å². The highest BCUT2D eigenvalue weighted by molar-refractivity contribution is 7.82. The first-order valence-electron chi connectivity index (χ1n) is 6.07. The van der Waals surface area contributed by atoms with Crippen LogP contribution in [0.3, 0.4) is 0 Å². The summed E-state index contributed by atoms with van der Waals surface area (Å²) in [7, 11) is 1.98. The van der Waals surface area contributed by atoms with Crippen molar-refractivity contribution in [2.24, 2.45) is 0 Å². The van der Waals surface area contributed by atoms with Crippen molar-refractivity contribution in [3.05, 3.63) is 0 Å². The maximum atomic E-state index is 11.0. The second kappa shape index (κ2) is 8.22. The summed E-state index contributed by atoms with van der Waals surface area (Å²) in [5, 5.41) is 18.5. The van der Waals surface area contributed by atoms with Gasteiger partial charge < -0.3 is 20.4 Å². The molecule has 1 heterocycles. The second-order valence-electron chi connectivity index (χ2n) is 4.77. The van der Waals surface area contributed by atoms with E-state index in [2.05, 4.69) is 22.8 Å². The Kier molecular flexibility index (Phi) is 7.67. The lowest BCUT2D eigenvalue weighted by molar-refractivity contribution is -0.192. The van der Waals surface area contributed by atoms with Crippen LogP contribution in [0.25, 0.3) is 0 Å². The number of alkyl halides is 3. The van der Waals surface area contributed by atoms with Crippen molar-refractivity contribution in [1.82, 2.24) is 10.2 Å². The van der Waals surface area contributed by atoms with Crippen molar-refractivity contribution in [3.63, 3.8) is 0 Å². The van der Waals surface area contributed by atoms with Crippen LogP contribution in [0, 0.1) is 0 Å². The molecule has 0 radical (unpaired) electrons. The zero-order chi connectivity index (χ0) is 17.6. The largest absolute Gasteiger partial charge is 0.490 e. The number of aliphatic carboxylic acids is 2. The van der Waals surface area contributed by atoms with Gasteiger partial charge in [0.25, 0.3) is 0 Å². The Labute approximate surface area is 129 Å². The summed E-state index contributed by atoms with van der Waals surface area (Å²) < 4.78 is 31.1. The molecule has 1 atom stereocenters. The fraction of sp³-hybridized carbons (Fsp3) is 0.727. The van der Waals surface area contributed by atoms with E-state index in [1.54, 1.807) is 0 Å². The Morgan fingerprint density at radius 2 is 1.73 bits per heavy atom. The molecule has 22 heavy (non-hydrogen) atoms. The van der Waals surface area contributed by atoms with Crippen LogP contribution < -0.4 is 5.32 Å². The van der Waals surface area contributed by atoms with Gasteiger partial charge in [0.05, 0.1) is 0 Å². The van der Waals surface area contributed by atoms with Gasteiger partial charge in [-0.05, 0) is 33.0 Å². The van der Waals surface area contributed by atoms with Crippen LogP contribution in [-0.2, 0) is 14.4 Å². The Balaban J connectivity index is 0.000000534. The predicted molar refractivity (Wildman–Crippen MR) is 72.8 cm³/mol. The van der Waals surface area contributed by atoms with Gasteiger partial charge in [-0.1, -0.05) is 0 Å². The summed E-state index contributed by atoms with van der Waals surface area (Å²) in [5.41, 5.74) is 0. The van der Waals surface area contributed by atoms with E-state index in [0.717, 1.165) is 13.1 Å². The molecule has 0 spiro atoms. The minimum absolute atomic E-state index is 0.426. The van der Waals surface area contributed by atoms with Crippen LogP contribution in [0.2, 0.25) is 0 Å². The number of carboxylic acid groups (broad SMARTS) is 2. The summed E-state index contributed by atoms with van der Waals surface area (Å²) in [4.78, 5) is 32.4. The van der Waals surface area contributed by atoms with E-state index < -0.39 is 28.9 Å². The molecule has 0 aliphatic carbocycles. The second-order valence-corrected chi connectivity index (χ2v) is 5.66. The minimum Gasteiger partial charge on any atom is -0.480 e. The number of likely N-dealkylation sites (tertiary alicyclic amines) is 1. The SMILES string of the molecule is CN1CCC(S)([C@H](NC=O)C(=O)O)CC1.O=C(O)C(F)(F)F. The molecule has 1 amide bonds. The van der Waals surface area contributed by atoms with Gasteiger partial charge in [0.1, 0.15) is 6.04 Å². The van der Waals surface area contributed by atoms with E-state index in [9.17, 15) is 22.8 Å². The van der Waals surface area contributed by atoms with Crippen LogP contribution in [-0.4, -0.2) is 70.6 Å². The number of amides is 1. The number of carbonyl (C=O) groups excluding carboxylic acids is 1. The number of nitrogens with zero attached hydrogens (tertiary/aromatic N) is 1. The van der Waals surface area contributed by atoms with Crippen molar-refractivity contribution in [2.45, 2.75) is 29.8 Å². The summed E-state index contributed by atoms with van der Waals surface area (Å²) in [6.45, 7) is 1.60. The summed E-state index contributed by atoms with van der Waals surface area (Å²) in [6.07, 6.45) is -3.34. The zero-order valence-electron chi connectivity index (χ0n) is 11.6. The molecule has 1 rings (SSSR count). The Hall–Kier alpha value is -1.49. The lowest BCUT2D eigenvalue weighted by atomic mass is 9.88. The van der Waals surface area contributed by atoms with Gasteiger partial charge in [0.2, 0.25) is 6.41 Å². The lowest BCUT2D eigenvalue weighted by Gasteiger charge is -2.40. The zero-order valence-corrected chi connectivity index (χ0v) is 12.5. The van der Waals surface area contributed by atoms with E-state index >= 15 is 0 Å². The first-order chi connectivity index (χ1) is 9.94. The predicted octanol–water partition coefficient (Wildman–Crippen LogP) is 0.213. The number of hydrogen-bond donors (Lipinski definition) is 4. The molecule has 1 saturated heterocycles. The van der Waals surface area contributed by atoms with Crippen LogP contribution in [0.4, 0.5) is 13.2 Å². The monoisotopic (exact) mass is 346 g/mol. The van der Waals surface area contributed by atoms with Crippen LogP contribution in [0.5, 0.6) is 0 Å². The van der Waals surface area contributed by atoms with E-state index in [0.29, 0.717) is 19.3 Å².